The van der Waals surface area contributed by atoms with Gasteiger partial charge in [-0.1, -0.05) is 0 Å². The smallest absolute Gasteiger partial charge is 0.320 e. The number of hydrogen-bond donors (Lipinski definition) is 0. The fourth-order valence-electron chi connectivity index (χ4n) is 2.82. The number of amides is 2. The summed E-state index contributed by atoms with van der Waals surface area (Å²) in [6, 6.07) is 0.0779. The molecular weight excluding hydrogens is 366 g/mol. The Morgan fingerprint density at radius 2 is 1.74 bits per heavy atom. The maximum atomic E-state index is 12.5. The Morgan fingerprint density at radius 1 is 1.13 bits per heavy atom. The zero-order valence-corrected chi connectivity index (χ0v) is 14.7. The first-order valence-electron chi connectivity index (χ1n) is 7.66. The van der Waals surface area contributed by atoms with Crippen LogP contribution in [0.4, 0.5) is 10.5 Å². The maximum Gasteiger partial charge on any atom is 0.320 e. The van der Waals surface area contributed by atoms with Gasteiger partial charge in [-0.15, -0.1) is 0 Å². The van der Waals surface area contributed by atoms with Gasteiger partial charge in [0.1, 0.15) is 4.47 Å². The minimum atomic E-state index is -0.158. The first kappa shape index (κ1) is 16.3. The van der Waals surface area contributed by atoms with E-state index in [0.717, 1.165) is 5.69 Å². The Morgan fingerprint density at radius 3 is 2.39 bits per heavy atom. The average Bonchev–Trinajstić information content (AvgIpc) is 2.60. The third kappa shape index (κ3) is 3.35. The molecule has 0 bridgehead atoms. The van der Waals surface area contributed by atoms with Crippen LogP contribution in [0.3, 0.4) is 0 Å². The van der Waals surface area contributed by atoms with Crippen molar-refractivity contribution in [3.8, 4) is 0 Å². The molecular formula is C14H20BrN5O3. The lowest BCUT2D eigenvalue weighted by atomic mass is 10.3. The molecule has 0 atom stereocenters. The number of aromatic nitrogens is 2. The molecule has 2 fully saturated rings. The fraction of sp³-hybridized carbons (Fsp3) is 0.643. The van der Waals surface area contributed by atoms with Gasteiger partial charge in [-0.2, -0.15) is 5.10 Å². The molecule has 0 spiro atoms. The van der Waals surface area contributed by atoms with Crippen molar-refractivity contribution in [1.29, 1.82) is 0 Å². The van der Waals surface area contributed by atoms with Crippen molar-refractivity contribution in [2.75, 3.05) is 57.4 Å². The summed E-state index contributed by atoms with van der Waals surface area (Å²) in [5.41, 5.74) is 0.626. The number of ether oxygens (including phenoxy) is 1. The molecule has 3 rings (SSSR count). The lowest BCUT2D eigenvalue weighted by Crippen LogP contribution is -2.55. The standard InChI is InChI=1S/C14H20BrN5O3/c1-17-13(21)12(15)11(10-16-17)18-2-4-19(5-3-18)14(22)20-6-8-23-9-7-20/h10H,2-9H2,1H3. The van der Waals surface area contributed by atoms with Crippen molar-refractivity contribution in [3.05, 3.63) is 21.0 Å². The van der Waals surface area contributed by atoms with Crippen molar-refractivity contribution < 1.29 is 9.53 Å². The van der Waals surface area contributed by atoms with Crippen molar-refractivity contribution in [3.63, 3.8) is 0 Å². The van der Waals surface area contributed by atoms with Crippen molar-refractivity contribution in [1.82, 2.24) is 19.6 Å². The molecule has 3 heterocycles. The molecule has 2 aliphatic rings. The fourth-order valence-corrected chi connectivity index (χ4v) is 3.43. The van der Waals surface area contributed by atoms with E-state index < -0.39 is 0 Å². The summed E-state index contributed by atoms with van der Waals surface area (Å²) in [6.07, 6.45) is 1.69. The third-order valence-electron chi connectivity index (χ3n) is 4.23. The minimum Gasteiger partial charge on any atom is -0.378 e. The molecule has 1 aromatic rings. The van der Waals surface area contributed by atoms with Crippen LogP contribution >= 0.6 is 15.9 Å². The highest BCUT2D eigenvalue weighted by molar-refractivity contribution is 9.10. The van der Waals surface area contributed by atoms with E-state index >= 15 is 0 Å². The molecule has 2 aliphatic heterocycles. The van der Waals surface area contributed by atoms with Gasteiger partial charge in [0.25, 0.3) is 5.56 Å². The SMILES string of the molecule is Cn1ncc(N2CCN(C(=O)N3CCOCC3)CC2)c(Br)c1=O. The number of nitrogens with zero attached hydrogens (tertiary/aromatic N) is 5. The van der Waals surface area contributed by atoms with E-state index in [1.54, 1.807) is 13.2 Å². The number of carbonyl (C=O) groups excluding carboxylic acids is 1. The number of aryl methyl sites for hydroxylation is 1. The van der Waals surface area contributed by atoms with Crippen LogP contribution in [0.2, 0.25) is 0 Å². The monoisotopic (exact) mass is 385 g/mol. The number of piperazine rings is 1. The van der Waals surface area contributed by atoms with Gasteiger partial charge < -0.3 is 19.4 Å². The Kier molecular flexibility index (Phi) is 4.86. The van der Waals surface area contributed by atoms with E-state index in [4.69, 9.17) is 4.74 Å². The number of anilines is 1. The molecule has 0 N–H and O–H groups in total. The molecule has 0 radical (unpaired) electrons. The van der Waals surface area contributed by atoms with Crippen molar-refractivity contribution in [2.45, 2.75) is 0 Å². The number of rotatable bonds is 1. The number of carbonyl (C=O) groups is 1. The van der Waals surface area contributed by atoms with E-state index in [1.165, 1.54) is 4.68 Å². The normalized spacial score (nSPS) is 19.1. The summed E-state index contributed by atoms with van der Waals surface area (Å²) < 4.78 is 7.10. The second kappa shape index (κ2) is 6.88. The van der Waals surface area contributed by atoms with E-state index in [1.807, 2.05) is 9.80 Å². The van der Waals surface area contributed by atoms with Crippen LogP contribution in [-0.2, 0) is 11.8 Å². The summed E-state index contributed by atoms with van der Waals surface area (Å²) in [5.74, 6) is 0. The topological polar surface area (TPSA) is 70.9 Å². The van der Waals surface area contributed by atoms with Crippen LogP contribution in [-0.4, -0.2) is 78.1 Å². The average molecular weight is 386 g/mol. The lowest BCUT2D eigenvalue weighted by Gasteiger charge is -2.39. The minimum absolute atomic E-state index is 0.0779. The molecule has 0 aliphatic carbocycles. The van der Waals surface area contributed by atoms with Gasteiger partial charge in [0, 0.05) is 46.3 Å². The van der Waals surface area contributed by atoms with Crippen molar-refractivity contribution >= 4 is 27.6 Å². The van der Waals surface area contributed by atoms with Gasteiger partial charge in [-0.3, -0.25) is 4.79 Å². The Hall–Kier alpha value is -1.61. The van der Waals surface area contributed by atoms with E-state index in [0.29, 0.717) is 57.0 Å². The predicted molar refractivity (Wildman–Crippen MR) is 88.8 cm³/mol. The van der Waals surface area contributed by atoms with Crippen LogP contribution in [0.5, 0.6) is 0 Å². The highest BCUT2D eigenvalue weighted by Crippen LogP contribution is 2.23. The Bertz CT molecular complexity index is 636. The summed E-state index contributed by atoms with van der Waals surface area (Å²) in [4.78, 5) is 30.2. The Labute approximate surface area is 142 Å². The summed E-state index contributed by atoms with van der Waals surface area (Å²) in [5, 5.41) is 4.07. The zero-order valence-electron chi connectivity index (χ0n) is 13.1. The van der Waals surface area contributed by atoms with Gasteiger partial charge in [0.2, 0.25) is 0 Å². The summed E-state index contributed by atoms with van der Waals surface area (Å²) in [7, 11) is 1.62. The number of hydrogen-bond acceptors (Lipinski definition) is 5. The van der Waals surface area contributed by atoms with Crippen LogP contribution in [0.1, 0.15) is 0 Å². The second-order valence-corrected chi connectivity index (χ2v) is 6.42. The zero-order chi connectivity index (χ0) is 16.4. The molecule has 0 aromatic carbocycles. The number of halogens is 1. The Balaban J connectivity index is 1.63. The second-order valence-electron chi connectivity index (χ2n) is 5.63. The molecule has 9 heteroatoms. The highest BCUT2D eigenvalue weighted by atomic mass is 79.9. The van der Waals surface area contributed by atoms with Gasteiger partial charge in [-0.05, 0) is 15.9 Å². The van der Waals surface area contributed by atoms with Crippen LogP contribution in [0.25, 0.3) is 0 Å². The van der Waals surface area contributed by atoms with Crippen LogP contribution < -0.4 is 10.5 Å². The lowest BCUT2D eigenvalue weighted by molar-refractivity contribution is 0.0428. The van der Waals surface area contributed by atoms with Gasteiger partial charge in [-0.25, -0.2) is 9.48 Å². The highest BCUT2D eigenvalue weighted by Gasteiger charge is 2.27. The molecule has 1 aromatic heterocycles. The van der Waals surface area contributed by atoms with Gasteiger partial charge in [0.15, 0.2) is 0 Å². The van der Waals surface area contributed by atoms with Crippen molar-refractivity contribution in [2.24, 2.45) is 7.05 Å². The van der Waals surface area contributed by atoms with Crippen LogP contribution in [0.15, 0.2) is 15.5 Å². The number of urea groups is 1. The van der Waals surface area contributed by atoms with Crippen LogP contribution in [0, 0.1) is 0 Å². The molecule has 126 valence electrons. The molecule has 8 nitrogen and oxygen atoms in total. The quantitative estimate of drug-likeness (QED) is 0.686. The predicted octanol–water partition coefficient (Wildman–Crippen LogP) is 0.117. The molecule has 0 saturated carbocycles. The summed E-state index contributed by atoms with van der Waals surface area (Å²) in [6.45, 7) is 5.17. The molecule has 23 heavy (non-hydrogen) atoms. The van der Waals surface area contributed by atoms with E-state index in [-0.39, 0.29) is 11.6 Å². The molecule has 0 unspecified atom stereocenters. The molecule has 2 saturated heterocycles. The van der Waals surface area contributed by atoms with E-state index in [2.05, 4.69) is 25.9 Å². The van der Waals surface area contributed by atoms with Gasteiger partial charge >= 0.3 is 6.03 Å². The molecule has 2 amide bonds. The van der Waals surface area contributed by atoms with Gasteiger partial charge in [0.05, 0.1) is 25.1 Å². The first-order chi connectivity index (χ1) is 11.1. The summed E-state index contributed by atoms with van der Waals surface area (Å²) >= 11 is 3.36. The third-order valence-corrected chi connectivity index (χ3v) is 4.98. The maximum absolute atomic E-state index is 12.5. The largest absolute Gasteiger partial charge is 0.378 e. The first-order valence-corrected chi connectivity index (χ1v) is 8.45. The van der Waals surface area contributed by atoms with E-state index in [9.17, 15) is 9.59 Å². The number of morpholine rings is 1.